The van der Waals surface area contributed by atoms with E-state index in [1.54, 1.807) is 12.3 Å². The molecule has 2 rings (SSSR count). The number of rotatable bonds is 4. The molecule has 0 aromatic carbocycles. The molecule has 0 bridgehead atoms. The summed E-state index contributed by atoms with van der Waals surface area (Å²) in [6.45, 7) is 1.94. The lowest BCUT2D eigenvalue weighted by Crippen LogP contribution is -2.27. The van der Waals surface area contributed by atoms with Gasteiger partial charge >= 0.3 is 0 Å². The Bertz CT molecular complexity index is 347. The molecular weight excluding hydrogens is 212 g/mol. The van der Waals surface area contributed by atoms with E-state index in [1.165, 1.54) is 32.1 Å². The number of nitrogens with zero attached hydrogens (tertiary/aromatic N) is 3. The van der Waals surface area contributed by atoms with E-state index in [-0.39, 0.29) is 0 Å². The second-order valence-corrected chi connectivity index (χ2v) is 5.10. The summed E-state index contributed by atoms with van der Waals surface area (Å²) in [5, 5.41) is 0. The van der Waals surface area contributed by atoms with Gasteiger partial charge < -0.3 is 5.73 Å². The molecule has 17 heavy (non-hydrogen) atoms. The second-order valence-electron chi connectivity index (χ2n) is 5.10. The summed E-state index contributed by atoms with van der Waals surface area (Å²) in [4.78, 5) is 10.8. The van der Waals surface area contributed by atoms with Gasteiger partial charge in [0.05, 0.1) is 6.54 Å². The van der Waals surface area contributed by atoms with Gasteiger partial charge in [0.25, 0.3) is 0 Å². The smallest absolute Gasteiger partial charge is 0.144 e. The molecular formula is C13H22N4. The van der Waals surface area contributed by atoms with Crippen LogP contribution < -0.4 is 5.73 Å². The first kappa shape index (κ1) is 12.3. The highest BCUT2D eigenvalue weighted by Gasteiger charge is 2.15. The predicted octanol–water partition coefficient (Wildman–Crippen LogP) is 2.07. The first-order valence-corrected chi connectivity index (χ1v) is 6.50. The molecule has 1 aromatic heterocycles. The van der Waals surface area contributed by atoms with E-state index in [9.17, 15) is 0 Å². The van der Waals surface area contributed by atoms with Crippen LogP contribution in [-0.4, -0.2) is 28.5 Å². The molecule has 4 nitrogen and oxygen atoms in total. The van der Waals surface area contributed by atoms with Gasteiger partial charge in [0, 0.05) is 12.7 Å². The van der Waals surface area contributed by atoms with E-state index in [0.29, 0.717) is 5.82 Å². The molecule has 1 aliphatic carbocycles. The van der Waals surface area contributed by atoms with Crippen LogP contribution in [0.3, 0.4) is 0 Å². The SMILES string of the molecule is CN(Cc1nccc(N)n1)CC1CCCCC1. The third kappa shape index (κ3) is 3.97. The molecule has 1 aliphatic rings. The lowest BCUT2D eigenvalue weighted by atomic mass is 9.89. The molecule has 0 aliphatic heterocycles. The van der Waals surface area contributed by atoms with Gasteiger partial charge in [-0.15, -0.1) is 0 Å². The van der Waals surface area contributed by atoms with Gasteiger partial charge in [0.1, 0.15) is 11.6 Å². The summed E-state index contributed by atoms with van der Waals surface area (Å²) in [6, 6.07) is 1.73. The van der Waals surface area contributed by atoms with Crippen molar-refractivity contribution in [2.45, 2.75) is 38.6 Å². The number of nitrogens with two attached hydrogens (primary N) is 1. The fraction of sp³-hybridized carbons (Fsp3) is 0.692. The second kappa shape index (κ2) is 5.96. The van der Waals surface area contributed by atoms with Crippen LogP contribution in [0.2, 0.25) is 0 Å². The van der Waals surface area contributed by atoms with Crippen LogP contribution in [0.4, 0.5) is 5.82 Å². The quantitative estimate of drug-likeness (QED) is 0.866. The van der Waals surface area contributed by atoms with Crippen LogP contribution in [0.25, 0.3) is 0 Å². The molecule has 4 heteroatoms. The van der Waals surface area contributed by atoms with Gasteiger partial charge in [-0.1, -0.05) is 19.3 Å². The van der Waals surface area contributed by atoms with Crippen LogP contribution in [0.15, 0.2) is 12.3 Å². The van der Waals surface area contributed by atoms with E-state index in [1.807, 2.05) is 0 Å². The normalized spacial score (nSPS) is 17.5. The molecule has 1 saturated carbocycles. The molecule has 1 aromatic rings. The number of anilines is 1. The zero-order chi connectivity index (χ0) is 12.1. The molecule has 0 amide bonds. The molecule has 0 unspecified atom stereocenters. The van der Waals surface area contributed by atoms with E-state index >= 15 is 0 Å². The zero-order valence-electron chi connectivity index (χ0n) is 10.6. The monoisotopic (exact) mass is 234 g/mol. The van der Waals surface area contributed by atoms with E-state index < -0.39 is 0 Å². The van der Waals surface area contributed by atoms with Crippen molar-refractivity contribution >= 4 is 5.82 Å². The molecule has 2 N–H and O–H groups in total. The van der Waals surface area contributed by atoms with Crippen molar-refractivity contribution in [2.75, 3.05) is 19.3 Å². The highest BCUT2D eigenvalue weighted by molar-refractivity contribution is 5.24. The summed E-state index contributed by atoms with van der Waals surface area (Å²) < 4.78 is 0. The fourth-order valence-corrected chi connectivity index (χ4v) is 2.61. The fourth-order valence-electron chi connectivity index (χ4n) is 2.61. The van der Waals surface area contributed by atoms with Crippen molar-refractivity contribution in [1.29, 1.82) is 0 Å². The van der Waals surface area contributed by atoms with Gasteiger partial charge in [0.15, 0.2) is 0 Å². The molecule has 0 radical (unpaired) electrons. The van der Waals surface area contributed by atoms with Crippen molar-refractivity contribution in [3.05, 3.63) is 18.1 Å². The number of hydrogen-bond donors (Lipinski definition) is 1. The van der Waals surface area contributed by atoms with Crippen molar-refractivity contribution in [3.8, 4) is 0 Å². The maximum absolute atomic E-state index is 5.65. The Hall–Kier alpha value is -1.16. The number of aromatic nitrogens is 2. The Morgan fingerprint density at radius 3 is 2.82 bits per heavy atom. The maximum atomic E-state index is 5.65. The van der Waals surface area contributed by atoms with Crippen LogP contribution in [0, 0.1) is 5.92 Å². The van der Waals surface area contributed by atoms with Crippen LogP contribution in [-0.2, 0) is 6.54 Å². The Morgan fingerprint density at radius 2 is 2.12 bits per heavy atom. The van der Waals surface area contributed by atoms with Gasteiger partial charge in [-0.3, -0.25) is 4.90 Å². The van der Waals surface area contributed by atoms with Crippen LogP contribution in [0.5, 0.6) is 0 Å². The third-order valence-electron chi connectivity index (χ3n) is 3.43. The highest BCUT2D eigenvalue weighted by atomic mass is 15.1. The summed E-state index contributed by atoms with van der Waals surface area (Å²) in [7, 11) is 2.14. The average Bonchev–Trinajstić information content (AvgIpc) is 2.30. The lowest BCUT2D eigenvalue weighted by molar-refractivity contribution is 0.224. The van der Waals surface area contributed by atoms with Crippen LogP contribution in [0.1, 0.15) is 37.9 Å². The number of nitrogen functional groups attached to an aromatic ring is 1. The van der Waals surface area contributed by atoms with Gasteiger partial charge in [-0.2, -0.15) is 0 Å². The Kier molecular flexibility index (Phi) is 4.31. The summed E-state index contributed by atoms with van der Waals surface area (Å²) in [5.41, 5.74) is 5.65. The standard InChI is InChI=1S/C13H22N4/c1-17(9-11-5-3-2-4-6-11)10-13-15-8-7-12(14)16-13/h7-8,11H,2-6,9-10H2,1H3,(H2,14,15,16). The van der Waals surface area contributed by atoms with Crippen molar-refractivity contribution in [2.24, 2.45) is 5.92 Å². The molecule has 1 heterocycles. The average molecular weight is 234 g/mol. The van der Waals surface area contributed by atoms with Gasteiger partial charge in [0.2, 0.25) is 0 Å². The van der Waals surface area contributed by atoms with Crippen molar-refractivity contribution in [1.82, 2.24) is 14.9 Å². The Labute approximate surface area is 103 Å². The largest absolute Gasteiger partial charge is 0.384 e. The van der Waals surface area contributed by atoms with Crippen molar-refractivity contribution in [3.63, 3.8) is 0 Å². The summed E-state index contributed by atoms with van der Waals surface area (Å²) in [5.74, 6) is 2.24. The zero-order valence-corrected chi connectivity index (χ0v) is 10.6. The highest BCUT2D eigenvalue weighted by Crippen LogP contribution is 2.24. The van der Waals surface area contributed by atoms with Crippen LogP contribution >= 0.6 is 0 Å². The van der Waals surface area contributed by atoms with Crippen molar-refractivity contribution < 1.29 is 0 Å². The molecule has 1 fully saturated rings. The van der Waals surface area contributed by atoms with E-state index in [2.05, 4.69) is 21.9 Å². The molecule has 0 atom stereocenters. The Balaban J connectivity index is 1.82. The minimum Gasteiger partial charge on any atom is -0.384 e. The minimum atomic E-state index is 0.557. The van der Waals surface area contributed by atoms with Gasteiger partial charge in [-0.25, -0.2) is 9.97 Å². The lowest BCUT2D eigenvalue weighted by Gasteiger charge is -2.26. The van der Waals surface area contributed by atoms with E-state index in [4.69, 9.17) is 5.73 Å². The Morgan fingerprint density at radius 1 is 1.35 bits per heavy atom. The summed E-state index contributed by atoms with van der Waals surface area (Å²) >= 11 is 0. The van der Waals surface area contributed by atoms with Gasteiger partial charge in [-0.05, 0) is 31.9 Å². The first-order valence-electron chi connectivity index (χ1n) is 6.50. The number of hydrogen-bond acceptors (Lipinski definition) is 4. The predicted molar refractivity (Wildman–Crippen MR) is 69.4 cm³/mol. The maximum Gasteiger partial charge on any atom is 0.144 e. The molecule has 94 valence electrons. The van der Waals surface area contributed by atoms with E-state index in [0.717, 1.165) is 24.8 Å². The topological polar surface area (TPSA) is 55.0 Å². The third-order valence-corrected chi connectivity index (χ3v) is 3.43. The first-order chi connectivity index (χ1) is 8.24. The minimum absolute atomic E-state index is 0.557. The molecule has 0 saturated heterocycles. The summed E-state index contributed by atoms with van der Waals surface area (Å²) in [6.07, 6.45) is 8.69. The molecule has 0 spiro atoms.